The van der Waals surface area contributed by atoms with E-state index in [1.807, 2.05) is 10.7 Å². The highest BCUT2D eigenvalue weighted by atomic mass is 16.3. The second kappa shape index (κ2) is 3.79. The first-order valence-corrected chi connectivity index (χ1v) is 5.33. The number of aryl methyl sites for hydroxylation is 1. The molecule has 1 heterocycles. The van der Waals surface area contributed by atoms with Crippen LogP contribution in [0.2, 0.25) is 0 Å². The van der Waals surface area contributed by atoms with Gasteiger partial charge in [0.2, 0.25) is 0 Å². The summed E-state index contributed by atoms with van der Waals surface area (Å²) in [7, 11) is 0. The van der Waals surface area contributed by atoms with Gasteiger partial charge in [0.1, 0.15) is 5.75 Å². The molecule has 4 nitrogen and oxygen atoms in total. The molecule has 86 valence electrons. The van der Waals surface area contributed by atoms with Crippen LogP contribution in [0.25, 0.3) is 10.9 Å². The molecule has 2 N–H and O–H groups in total. The van der Waals surface area contributed by atoms with Gasteiger partial charge in [0.25, 0.3) is 0 Å². The van der Waals surface area contributed by atoms with Crippen LogP contribution in [0.1, 0.15) is 20.3 Å². The van der Waals surface area contributed by atoms with Crippen molar-refractivity contribution in [3.63, 3.8) is 0 Å². The van der Waals surface area contributed by atoms with Crippen molar-refractivity contribution in [1.82, 2.24) is 9.78 Å². The van der Waals surface area contributed by atoms with E-state index in [0.717, 1.165) is 10.9 Å². The number of nitrogens with zero attached hydrogens (tertiary/aromatic N) is 2. The molecular weight excluding hydrogens is 204 g/mol. The molecule has 0 saturated heterocycles. The molecule has 0 aliphatic carbocycles. The van der Waals surface area contributed by atoms with Gasteiger partial charge in [-0.05, 0) is 38.5 Å². The fourth-order valence-corrected chi connectivity index (χ4v) is 1.63. The molecule has 0 aliphatic heterocycles. The van der Waals surface area contributed by atoms with E-state index in [1.54, 1.807) is 32.2 Å². The lowest BCUT2D eigenvalue weighted by Gasteiger charge is -2.16. The number of benzene rings is 1. The fourth-order valence-electron chi connectivity index (χ4n) is 1.63. The van der Waals surface area contributed by atoms with Gasteiger partial charge in [-0.3, -0.25) is 4.68 Å². The SMILES string of the molecule is CC(C)(O)CCn1ncc2cc(O)ccc21. The maximum absolute atomic E-state index is 9.65. The molecule has 2 aromatic rings. The third kappa shape index (κ3) is 2.33. The van der Waals surface area contributed by atoms with E-state index in [-0.39, 0.29) is 5.75 Å². The van der Waals surface area contributed by atoms with Crippen LogP contribution >= 0.6 is 0 Å². The zero-order valence-electron chi connectivity index (χ0n) is 9.51. The number of phenols is 1. The topological polar surface area (TPSA) is 58.3 Å². The monoisotopic (exact) mass is 220 g/mol. The number of phenolic OH excluding ortho intramolecular Hbond substituents is 1. The highest BCUT2D eigenvalue weighted by Gasteiger charge is 2.13. The standard InChI is InChI=1S/C12H16N2O2/c1-12(2,16)5-6-14-11-4-3-10(15)7-9(11)8-13-14/h3-4,7-8,15-16H,5-6H2,1-2H3. The minimum atomic E-state index is -0.685. The Morgan fingerprint density at radius 3 is 2.81 bits per heavy atom. The number of hydrogen-bond donors (Lipinski definition) is 2. The molecule has 0 bridgehead atoms. The third-order valence-corrected chi connectivity index (χ3v) is 2.56. The lowest BCUT2D eigenvalue weighted by atomic mass is 10.1. The van der Waals surface area contributed by atoms with Crippen molar-refractivity contribution >= 4 is 10.9 Å². The summed E-state index contributed by atoms with van der Waals surface area (Å²) in [4.78, 5) is 0. The van der Waals surface area contributed by atoms with Crippen LogP contribution < -0.4 is 0 Å². The van der Waals surface area contributed by atoms with Gasteiger partial charge < -0.3 is 10.2 Å². The molecule has 0 unspecified atom stereocenters. The Balaban J connectivity index is 2.25. The summed E-state index contributed by atoms with van der Waals surface area (Å²) in [5.41, 5.74) is 0.289. The van der Waals surface area contributed by atoms with Gasteiger partial charge in [0.05, 0.1) is 17.3 Å². The Bertz CT molecular complexity index is 497. The van der Waals surface area contributed by atoms with Crippen molar-refractivity contribution < 1.29 is 10.2 Å². The van der Waals surface area contributed by atoms with Crippen LogP contribution in [0.4, 0.5) is 0 Å². The zero-order valence-corrected chi connectivity index (χ0v) is 9.51. The second-order valence-electron chi connectivity index (χ2n) is 4.67. The third-order valence-electron chi connectivity index (χ3n) is 2.56. The summed E-state index contributed by atoms with van der Waals surface area (Å²) in [5, 5.41) is 24.1. The summed E-state index contributed by atoms with van der Waals surface area (Å²) >= 11 is 0. The maximum atomic E-state index is 9.65. The van der Waals surface area contributed by atoms with Crippen molar-refractivity contribution in [2.24, 2.45) is 0 Å². The van der Waals surface area contributed by atoms with Crippen LogP contribution in [0.15, 0.2) is 24.4 Å². The maximum Gasteiger partial charge on any atom is 0.116 e. The molecular formula is C12H16N2O2. The lowest BCUT2D eigenvalue weighted by Crippen LogP contribution is -2.21. The van der Waals surface area contributed by atoms with Crippen molar-refractivity contribution in [3.05, 3.63) is 24.4 Å². The second-order valence-corrected chi connectivity index (χ2v) is 4.67. The lowest BCUT2D eigenvalue weighted by molar-refractivity contribution is 0.0655. The van der Waals surface area contributed by atoms with Gasteiger partial charge in [-0.25, -0.2) is 0 Å². The summed E-state index contributed by atoms with van der Waals surface area (Å²) in [6, 6.07) is 5.16. The first-order chi connectivity index (χ1) is 7.46. The van der Waals surface area contributed by atoms with E-state index < -0.39 is 5.60 Å². The van der Waals surface area contributed by atoms with Crippen molar-refractivity contribution in [1.29, 1.82) is 0 Å². The molecule has 0 spiro atoms. The van der Waals surface area contributed by atoms with E-state index in [1.165, 1.54) is 0 Å². The molecule has 0 fully saturated rings. The number of fused-ring (bicyclic) bond motifs is 1. The number of hydrogen-bond acceptors (Lipinski definition) is 3. The normalized spacial score (nSPS) is 12.2. The Morgan fingerprint density at radius 1 is 1.38 bits per heavy atom. The average molecular weight is 220 g/mol. The molecule has 0 amide bonds. The van der Waals surface area contributed by atoms with E-state index in [4.69, 9.17) is 0 Å². The summed E-state index contributed by atoms with van der Waals surface area (Å²) in [6.07, 6.45) is 2.37. The molecule has 0 radical (unpaired) electrons. The van der Waals surface area contributed by atoms with Crippen LogP contribution in [-0.4, -0.2) is 25.6 Å². The zero-order chi connectivity index (χ0) is 11.8. The molecule has 0 atom stereocenters. The average Bonchev–Trinajstić information content (AvgIpc) is 2.56. The largest absolute Gasteiger partial charge is 0.508 e. The quantitative estimate of drug-likeness (QED) is 0.830. The van der Waals surface area contributed by atoms with Crippen molar-refractivity contribution in [2.75, 3.05) is 0 Å². The number of rotatable bonds is 3. The summed E-state index contributed by atoms with van der Waals surface area (Å²) in [6.45, 7) is 4.23. The van der Waals surface area contributed by atoms with Crippen LogP contribution in [-0.2, 0) is 6.54 Å². The van der Waals surface area contributed by atoms with Crippen molar-refractivity contribution in [2.45, 2.75) is 32.4 Å². The summed E-state index contributed by atoms with van der Waals surface area (Å²) in [5.74, 6) is 0.245. The Kier molecular flexibility index (Phi) is 2.59. The first kappa shape index (κ1) is 11.0. The van der Waals surface area contributed by atoms with E-state index >= 15 is 0 Å². The fraction of sp³-hybridized carbons (Fsp3) is 0.417. The van der Waals surface area contributed by atoms with Crippen LogP contribution in [0.3, 0.4) is 0 Å². The van der Waals surface area contributed by atoms with Gasteiger partial charge in [-0.15, -0.1) is 0 Å². The highest BCUT2D eigenvalue weighted by Crippen LogP contribution is 2.20. The van der Waals surface area contributed by atoms with Crippen LogP contribution in [0, 0.1) is 0 Å². The van der Waals surface area contributed by atoms with E-state index in [2.05, 4.69) is 5.10 Å². The predicted molar refractivity (Wildman–Crippen MR) is 62.3 cm³/mol. The highest BCUT2D eigenvalue weighted by molar-refractivity contribution is 5.80. The predicted octanol–water partition coefficient (Wildman–Crippen LogP) is 1.90. The minimum absolute atomic E-state index is 0.245. The molecule has 2 rings (SSSR count). The summed E-state index contributed by atoms with van der Waals surface area (Å²) < 4.78 is 1.84. The Morgan fingerprint density at radius 2 is 2.12 bits per heavy atom. The molecule has 1 aromatic heterocycles. The van der Waals surface area contributed by atoms with Crippen molar-refractivity contribution in [3.8, 4) is 5.75 Å². The van der Waals surface area contributed by atoms with Gasteiger partial charge >= 0.3 is 0 Å². The van der Waals surface area contributed by atoms with Crippen LogP contribution in [0.5, 0.6) is 5.75 Å². The van der Waals surface area contributed by atoms with E-state index in [0.29, 0.717) is 13.0 Å². The molecule has 0 aliphatic rings. The molecule has 0 saturated carbocycles. The number of aliphatic hydroxyl groups is 1. The van der Waals surface area contributed by atoms with Gasteiger partial charge in [-0.1, -0.05) is 0 Å². The first-order valence-electron chi connectivity index (χ1n) is 5.33. The number of aromatic hydroxyl groups is 1. The smallest absolute Gasteiger partial charge is 0.116 e. The molecule has 4 heteroatoms. The van der Waals surface area contributed by atoms with Gasteiger partial charge in [-0.2, -0.15) is 5.10 Å². The minimum Gasteiger partial charge on any atom is -0.508 e. The molecule has 1 aromatic carbocycles. The Labute approximate surface area is 94.1 Å². The number of aromatic nitrogens is 2. The Hall–Kier alpha value is -1.55. The van der Waals surface area contributed by atoms with Gasteiger partial charge in [0.15, 0.2) is 0 Å². The van der Waals surface area contributed by atoms with E-state index in [9.17, 15) is 10.2 Å². The molecule has 16 heavy (non-hydrogen) atoms. The van der Waals surface area contributed by atoms with Gasteiger partial charge in [0, 0.05) is 11.9 Å².